The summed E-state index contributed by atoms with van der Waals surface area (Å²) in [7, 11) is 0. The molecule has 3 N–H and O–H groups in total. The van der Waals surface area contributed by atoms with Crippen LogP contribution in [-0.4, -0.2) is 17.1 Å². The van der Waals surface area contributed by atoms with E-state index in [1.54, 1.807) is 13.8 Å². The second-order valence-electron chi connectivity index (χ2n) is 4.77. The van der Waals surface area contributed by atoms with Crippen LogP contribution in [0.3, 0.4) is 0 Å². The van der Waals surface area contributed by atoms with Crippen LogP contribution < -0.4 is 10.9 Å². The van der Waals surface area contributed by atoms with Gasteiger partial charge in [0.2, 0.25) is 5.91 Å². The Morgan fingerprint density at radius 2 is 2.00 bits per heavy atom. The molecule has 0 fully saturated rings. The molecule has 1 amide bonds. The zero-order valence-electron chi connectivity index (χ0n) is 11.2. The van der Waals surface area contributed by atoms with Gasteiger partial charge in [0.1, 0.15) is 0 Å². The van der Waals surface area contributed by atoms with Gasteiger partial charge in [-0.25, -0.2) is 0 Å². The molecule has 0 aromatic heterocycles. The Labute approximate surface area is 115 Å². The monoisotopic (exact) mass is 290 g/mol. The molecular weight excluding hydrogens is 273 g/mol. The van der Waals surface area contributed by atoms with Gasteiger partial charge in [-0.3, -0.25) is 15.6 Å². The summed E-state index contributed by atoms with van der Waals surface area (Å²) in [6.07, 6.45) is -5.35. The van der Waals surface area contributed by atoms with Crippen LogP contribution in [0.4, 0.5) is 18.9 Å². The average Bonchev–Trinajstić information content (AvgIpc) is 2.35. The summed E-state index contributed by atoms with van der Waals surface area (Å²) in [6, 6.07) is 4.46. The highest BCUT2D eigenvalue weighted by Crippen LogP contribution is 2.30. The largest absolute Gasteiger partial charge is 0.416 e. The molecule has 1 rings (SSSR count). The fourth-order valence-electron chi connectivity index (χ4n) is 1.39. The highest BCUT2D eigenvalue weighted by Gasteiger charge is 2.30. The van der Waals surface area contributed by atoms with Crippen molar-refractivity contribution in [1.29, 1.82) is 0 Å². The van der Waals surface area contributed by atoms with Gasteiger partial charge < -0.3 is 5.11 Å². The van der Waals surface area contributed by atoms with Gasteiger partial charge in [0, 0.05) is 0 Å². The van der Waals surface area contributed by atoms with E-state index in [2.05, 4.69) is 10.9 Å². The minimum Gasteiger partial charge on any atom is -0.392 e. The van der Waals surface area contributed by atoms with Gasteiger partial charge in [-0.2, -0.15) is 13.2 Å². The molecule has 1 unspecified atom stereocenters. The van der Waals surface area contributed by atoms with Crippen LogP contribution in [0.25, 0.3) is 0 Å². The van der Waals surface area contributed by atoms with Crippen molar-refractivity contribution in [1.82, 2.24) is 5.43 Å². The molecule has 0 spiro atoms. The van der Waals surface area contributed by atoms with E-state index in [-0.39, 0.29) is 18.0 Å². The maximum absolute atomic E-state index is 12.5. The molecule has 0 radical (unpaired) electrons. The topological polar surface area (TPSA) is 61.4 Å². The third-order valence-electron chi connectivity index (χ3n) is 2.70. The summed E-state index contributed by atoms with van der Waals surface area (Å²) in [5.74, 6) is -0.571. The Hall–Kier alpha value is -1.76. The summed E-state index contributed by atoms with van der Waals surface area (Å²) < 4.78 is 37.4. The van der Waals surface area contributed by atoms with Gasteiger partial charge in [-0.15, -0.1) is 0 Å². The number of hydrogen-bond acceptors (Lipinski definition) is 3. The van der Waals surface area contributed by atoms with Crippen molar-refractivity contribution < 1.29 is 23.1 Å². The van der Waals surface area contributed by atoms with Gasteiger partial charge in [-0.1, -0.05) is 19.9 Å². The summed E-state index contributed by atoms with van der Waals surface area (Å²) in [6.45, 7) is 3.52. The lowest BCUT2D eigenvalue weighted by Gasteiger charge is -2.15. The molecule has 0 saturated heterocycles. The third kappa shape index (κ3) is 5.08. The van der Waals surface area contributed by atoms with E-state index in [0.717, 1.165) is 12.1 Å². The molecule has 0 saturated carbocycles. The number of rotatable bonds is 5. The second-order valence-corrected chi connectivity index (χ2v) is 4.77. The van der Waals surface area contributed by atoms with Crippen molar-refractivity contribution in [3.8, 4) is 0 Å². The number of aliphatic hydroxyl groups excluding tert-OH is 1. The summed E-state index contributed by atoms with van der Waals surface area (Å²) in [5.41, 5.74) is 3.95. The minimum absolute atomic E-state index is 0.0747. The van der Waals surface area contributed by atoms with Gasteiger partial charge in [-0.05, 0) is 24.1 Å². The number of halogens is 3. The minimum atomic E-state index is -4.43. The van der Waals surface area contributed by atoms with E-state index in [9.17, 15) is 23.1 Å². The molecule has 0 aliphatic heterocycles. The van der Waals surface area contributed by atoms with E-state index < -0.39 is 23.8 Å². The lowest BCUT2D eigenvalue weighted by Crippen LogP contribution is -2.33. The average molecular weight is 290 g/mol. The summed E-state index contributed by atoms with van der Waals surface area (Å²) >= 11 is 0. The number of alkyl halides is 3. The number of nitrogens with one attached hydrogen (secondary N) is 2. The number of hydrogen-bond donors (Lipinski definition) is 3. The quantitative estimate of drug-likeness (QED) is 0.730. The molecule has 0 heterocycles. The predicted octanol–water partition coefficient (Wildman–Crippen LogP) is 2.56. The molecule has 0 aliphatic rings. The fraction of sp³-hybridized carbons (Fsp3) is 0.462. The number of anilines is 1. The lowest BCUT2D eigenvalue weighted by molar-refractivity contribution is -0.137. The Morgan fingerprint density at radius 1 is 1.35 bits per heavy atom. The van der Waals surface area contributed by atoms with E-state index in [4.69, 9.17) is 0 Å². The van der Waals surface area contributed by atoms with Crippen LogP contribution in [0.2, 0.25) is 0 Å². The maximum Gasteiger partial charge on any atom is 0.416 e. The lowest BCUT2D eigenvalue weighted by atomic mass is 10.0. The van der Waals surface area contributed by atoms with Crippen molar-refractivity contribution >= 4 is 11.6 Å². The number of benzene rings is 1. The zero-order valence-corrected chi connectivity index (χ0v) is 11.2. The van der Waals surface area contributed by atoms with Crippen LogP contribution in [0.1, 0.15) is 25.8 Å². The molecule has 4 nitrogen and oxygen atoms in total. The van der Waals surface area contributed by atoms with E-state index in [1.165, 1.54) is 12.1 Å². The van der Waals surface area contributed by atoms with Crippen molar-refractivity contribution in [2.75, 3.05) is 5.43 Å². The van der Waals surface area contributed by atoms with Gasteiger partial charge in [0.25, 0.3) is 0 Å². The number of aliphatic hydroxyl groups is 1. The van der Waals surface area contributed by atoms with Crippen LogP contribution in [0.15, 0.2) is 24.3 Å². The van der Waals surface area contributed by atoms with Crippen molar-refractivity contribution in [2.45, 2.75) is 32.5 Å². The van der Waals surface area contributed by atoms with Crippen LogP contribution in [0, 0.1) is 5.92 Å². The Balaban J connectivity index is 2.56. The van der Waals surface area contributed by atoms with Gasteiger partial charge in [0.15, 0.2) is 0 Å². The van der Waals surface area contributed by atoms with Gasteiger partial charge >= 0.3 is 6.18 Å². The van der Waals surface area contributed by atoms with Crippen molar-refractivity contribution in [2.24, 2.45) is 5.92 Å². The van der Waals surface area contributed by atoms with Crippen molar-refractivity contribution in [3.05, 3.63) is 29.8 Å². The standard InChI is InChI=1S/C13H17F3N2O2/c1-8(2)11(19)7-12(20)18-17-10-5-3-4-9(6-10)13(14,15)16/h3-6,8,11,17,19H,7H2,1-2H3,(H,18,20). The van der Waals surface area contributed by atoms with E-state index in [1.807, 2.05) is 0 Å². The molecule has 0 bridgehead atoms. The first-order valence-corrected chi connectivity index (χ1v) is 6.10. The van der Waals surface area contributed by atoms with Crippen LogP contribution in [-0.2, 0) is 11.0 Å². The molecule has 1 aromatic rings. The molecule has 1 aromatic carbocycles. The number of amides is 1. The van der Waals surface area contributed by atoms with E-state index >= 15 is 0 Å². The Kier molecular flexibility index (Phi) is 5.38. The SMILES string of the molecule is CC(C)C(O)CC(=O)NNc1cccc(C(F)(F)F)c1. The molecule has 112 valence electrons. The molecule has 7 heteroatoms. The highest BCUT2D eigenvalue weighted by molar-refractivity contribution is 5.77. The maximum atomic E-state index is 12.5. The highest BCUT2D eigenvalue weighted by atomic mass is 19.4. The van der Waals surface area contributed by atoms with Crippen molar-refractivity contribution in [3.63, 3.8) is 0 Å². The Bertz CT molecular complexity index is 461. The first kappa shape index (κ1) is 16.3. The van der Waals surface area contributed by atoms with Gasteiger partial charge in [0.05, 0.1) is 23.8 Å². The number of hydrazine groups is 1. The molecule has 20 heavy (non-hydrogen) atoms. The summed E-state index contributed by atoms with van der Waals surface area (Å²) in [5, 5.41) is 9.51. The molecular formula is C13H17F3N2O2. The Morgan fingerprint density at radius 3 is 2.55 bits per heavy atom. The first-order chi connectivity index (χ1) is 9.20. The van der Waals surface area contributed by atoms with Crippen LogP contribution >= 0.6 is 0 Å². The first-order valence-electron chi connectivity index (χ1n) is 6.10. The number of carbonyl (C=O) groups is 1. The summed E-state index contributed by atoms with van der Waals surface area (Å²) in [4.78, 5) is 11.5. The zero-order chi connectivity index (χ0) is 15.3. The molecule has 1 atom stereocenters. The smallest absolute Gasteiger partial charge is 0.392 e. The number of carbonyl (C=O) groups excluding carboxylic acids is 1. The normalized spacial score (nSPS) is 13.2. The second kappa shape index (κ2) is 6.60. The predicted molar refractivity (Wildman–Crippen MR) is 68.7 cm³/mol. The van der Waals surface area contributed by atoms with Crippen LogP contribution in [0.5, 0.6) is 0 Å². The fourth-order valence-corrected chi connectivity index (χ4v) is 1.39. The third-order valence-corrected chi connectivity index (χ3v) is 2.70. The van der Waals surface area contributed by atoms with E-state index in [0.29, 0.717) is 0 Å². The molecule has 0 aliphatic carbocycles.